The summed E-state index contributed by atoms with van der Waals surface area (Å²) in [6.07, 6.45) is 0. The second-order valence-electron chi connectivity index (χ2n) is 6.86. The van der Waals surface area contributed by atoms with Crippen LogP contribution in [-0.2, 0) is 19.6 Å². The normalized spacial score (nSPS) is 19.0. The zero-order chi connectivity index (χ0) is 21.2. The lowest BCUT2D eigenvalue weighted by Crippen LogP contribution is -2.43. The predicted octanol–water partition coefficient (Wildman–Crippen LogP) is 0.663. The first-order valence-corrected chi connectivity index (χ1v) is 10.8. The fraction of sp³-hybridized carbons (Fsp3) is 0.526. The van der Waals surface area contributed by atoms with Crippen molar-refractivity contribution >= 4 is 27.2 Å². The van der Waals surface area contributed by atoms with Crippen molar-refractivity contribution in [3.8, 4) is 11.5 Å². The average Bonchev–Trinajstić information content (AvgIpc) is 2.72. The summed E-state index contributed by atoms with van der Waals surface area (Å²) in [6.45, 7) is 5.55. The molecular formula is C19H27N3O6S. The molecule has 2 aliphatic rings. The van der Waals surface area contributed by atoms with E-state index < -0.39 is 15.9 Å². The van der Waals surface area contributed by atoms with Crippen molar-refractivity contribution < 1.29 is 27.4 Å². The van der Waals surface area contributed by atoms with E-state index in [4.69, 9.17) is 14.2 Å². The van der Waals surface area contributed by atoms with Crippen molar-refractivity contribution in [1.82, 2.24) is 10.2 Å². The molecule has 2 aliphatic heterocycles. The van der Waals surface area contributed by atoms with Crippen LogP contribution in [0.2, 0.25) is 0 Å². The number of rotatable bonds is 6. The van der Waals surface area contributed by atoms with Crippen molar-refractivity contribution in [2.45, 2.75) is 6.92 Å². The van der Waals surface area contributed by atoms with Gasteiger partial charge in [-0.2, -0.15) is 0 Å². The van der Waals surface area contributed by atoms with Gasteiger partial charge in [0.25, 0.3) is 15.9 Å². The Hall–Kier alpha value is -2.30. The van der Waals surface area contributed by atoms with Gasteiger partial charge in [-0.1, -0.05) is 0 Å². The van der Waals surface area contributed by atoms with Gasteiger partial charge in [0, 0.05) is 44.9 Å². The number of benzene rings is 1. The van der Waals surface area contributed by atoms with E-state index in [1.807, 2.05) is 0 Å². The van der Waals surface area contributed by atoms with Crippen LogP contribution in [0.15, 0.2) is 17.0 Å². The van der Waals surface area contributed by atoms with E-state index in [2.05, 4.69) is 10.2 Å². The SMILES string of the molecule is COc1cc2c(cc1OC)N(C)S(=O)(=O)C(C(=O)NCCN1CCOCC1)=C2C. The van der Waals surface area contributed by atoms with E-state index in [0.717, 1.165) is 17.4 Å². The minimum atomic E-state index is -3.99. The molecule has 1 N–H and O–H groups in total. The number of sulfonamides is 1. The van der Waals surface area contributed by atoms with Crippen LogP contribution >= 0.6 is 0 Å². The molecule has 10 heteroatoms. The molecular weight excluding hydrogens is 398 g/mol. The quantitative estimate of drug-likeness (QED) is 0.715. The van der Waals surface area contributed by atoms with Gasteiger partial charge in [0.2, 0.25) is 0 Å². The number of allylic oxidation sites excluding steroid dienone is 1. The Balaban J connectivity index is 1.89. The van der Waals surface area contributed by atoms with E-state index in [9.17, 15) is 13.2 Å². The topological polar surface area (TPSA) is 97.4 Å². The molecule has 0 saturated carbocycles. The first kappa shape index (κ1) is 21.4. The van der Waals surface area contributed by atoms with Gasteiger partial charge >= 0.3 is 0 Å². The Labute approximate surface area is 171 Å². The molecule has 1 fully saturated rings. The van der Waals surface area contributed by atoms with Crippen LogP contribution in [0.25, 0.3) is 5.57 Å². The Bertz CT molecular complexity index is 922. The van der Waals surface area contributed by atoms with Crippen molar-refractivity contribution in [2.24, 2.45) is 0 Å². The molecule has 1 aromatic carbocycles. The molecule has 9 nitrogen and oxygen atoms in total. The van der Waals surface area contributed by atoms with Gasteiger partial charge in [-0.05, 0) is 18.6 Å². The van der Waals surface area contributed by atoms with Crippen molar-refractivity contribution in [2.75, 3.05) is 65.0 Å². The molecule has 1 aromatic rings. The van der Waals surface area contributed by atoms with Crippen LogP contribution in [-0.4, -0.2) is 79.9 Å². The number of carbonyl (C=O) groups is 1. The summed E-state index contributed by atoms with van der Waals surface area (Å²) in [5.41, 5.74) is 1.42. The molecule has 0 radical (unpaired) electrons. The number of nitrogens with zero attached hydrogens (tertiary/aromatic N) is 2. The number of hydrogen-bond acceptors (Lipinski definition) is 7. The third kappa shape index (κ3) is 4.05. The standard InChI is InChI=1S/C19H27N3O6S/c1-13-14-11-16(26-3)17(27-4)12-15(14)21(2)29(24,25)18(13)19(23)20-5-6-22-7-9-28-10-8-22/h11-12H,5-10H2,1-4H3,(H,20,23). The second kappa shape index (κ2) is 8.60. The third-order valence-corrected chi connectivity index (χ3v) is 7.15. The molecule has 1 saturated heterocycles. The van der Waals surface area contributed by atoms with Crippen LogP contribution in [0.1, 0.15) is 12.5 Å². The Morgan fingerprint density at radius 3 is 2.41 bits per heavy atom. The minimum absolute atomic E-state index is 0.248. The second-order valence-corrected chi connectivity index (χ2v) is 8.77. The summed E-state index contributed by atoms with van der Waals surface area (Å²) in [5, 5.41) is 2.75. The zero-order valence-corrected chi connectivity index (χ0v) is 18.0. The number of anilines is 1. The molecule has 0 aromatic heterocycles. The minimum Gasteiger partial charge on any atom is -0.493 e. The number of morpholine rings is 1. The van der Waals surface area contributed by atoms with E-state index in [1.165, 1.54) is 21.3 Å². The van der Waals surface area contributed by atoms with Gasteiger partial charge in [0.05, 0.1) is 33.1 Å². The number of amides is 1. The lowest BCUT2D eigenvalue weighted by molar-refractivity contribution is -0.116. The fourth-order valence-electron chi connectivity index (χ4n) is 3.53. The van der Waals surface area contributed by atoms with Crippen molar-refractivity contribution in [3.63, 3.8) is 0 Å². The predicted molar refractivity (Wildman–Crippen MR) is 110 cm³/mol. The molecule has 29 heavy (non-hydrogen) atoms. The van der Waals surface area contributed by atoms with E-state index in [0.29, 0.717) is 54.6 Å². The number of hydrogen-bond donors (Lipinski definition) is 1. The largest absolute Gasteiger partial charge is 0.493 e. The maximum atomic E-state index is 13.1. The highest BCUT2D eigenvalue weighted by atomic mass is 32.2. The first-order chi connectivity index (χ1) is 13.8. The summed E-state index contributed by atoms with van der Waals surface area (Å²) in [4.78, 5) is 14.7. The zero-order valence-electron chi connectivity index (χ0n) is 17.1. The highest BCUT2D eigenvalue weighted by Gasteiger charge is 2.38. The van der Waals surface area contributed by atoms with E-state index >= 15 is 0 Å². The molecule has 0 unspecified atom stereocenters. The Kier molecular flexibility index (Phi) is 6.35. The fourth-order valence-corrected chi connectivity index (χ4v) is 5.02. The smallest absolute Gasteiger partial charge is 0.269 e. The maximum absolute atomic E-state index is 13.1. The van der Waals surface area contributed by atoms with Crippen LogP contribution in [0.5, 0.6) is 11.5 Å². The highest BCUT2D eigenvalue weighted by Crippen LogP contribution is 2.44. The van der Waals surface area contributed by atoms with Crippen LogP contribution in [0.4, 0.5) is 5.69 Å². The van der Waals surface area contributed by atoms with Crippen molar-refractivity contribution in [3.05, 3.63) is 22.6 Å². The van der Waals surface area contributed by atoms with E-state index in [1.54, 1.807) is 19.1 Å². The molecule has 2 heterocycles. The molecule has 0 bridgehead atoms. The molecule has 160 valence electrons. The van der Waals surface area contributed by atoms with Gasteiger partial charge in [0.15, 0.2) is 16.4 Å². The molecule has 0 atom stereocenters. The maximum Gasteiger partial charge on any atom is 0.269 e. The van der Waals surface area contributed by atoms with Crippen LogP contribution < -0.4 is 19.1 Å². The summed E-state index contributed by atoms with van der Waals surface area (Å²) >= 11 is 0. The van der Waals surface area contributed by atoms with E-state index in [-0.39, 0.29) is 4.91 Å². The third-order valence-electron chi connectivity index (χ3n) is 5.23. The molecule has 0 spiro atoms. The van der Waals surface area contributed by atoms with Crippen LogP contribution in [0, 0.1) is 0 Å². The van der Waals surface area contributed by atoms with Crippen LogP contribution in [0.3, 0.4) is 0 Å². The number of ether oxygens (including phenoxy) is 3. The molecule has 3 rings (SSSR count). The lowest BCUT2D eigenvalue weighted by Gasteiger charge is -2.30. The summed E-state index contributed by atoms with van der Waals surface area (Å²) in [6, 6.07) is 3.29. The first-order valence-electron chi connectivity index (χ1n) is 9.35. The average molecular weight is 426 g/mol. The molecule has 0 aliphatic carbocycles. The summed E-state index contributed by atoms with van der Waals surface area (Å²) in [5.74, 6) is 0.271. The van der Waals surface area contributed by atoms with Gasteiger partial charge in [-0.25, -0.2) is 8.42 Å². The lowest BCUT2D eigenvalue weighted by atomic mass is 10.0. The Morgan fingerprint density at radius 1 is 1.17 bits per heavy atom. The summed E-state index contributed by atoms with van der Waals surface area (Å²) < 4.78 is 43.1. The Morgan fingerprint density at radius 2 is 1.79 bits per heavy atom. The van der Waals surface area contributed by atoms with Crippen molar-refractivity contribution in [1.29, 1.82) is 0 Å². The monoisotopic (exact) mass is 425 g/mol. The molecule has 1 amide bonds. The highest BCUT2D eigenvalue weighted by molar-refractivity contribution is 7.97. The van der Waals surface area contributed by atoms with Gasteiger partial charge in [0.1, 0.15) is 0 Å². The van der Waals surface area contributed by atoms with Gasteiger partial charge in [-0.3, -0.25) is 14.0 Å². The van der Waals surface area contributed by atoms with Gasteiger partial charge in [-0.15, -0.1) is 0 Å². The number of carbonyl (C=O) groups excluding carboxylic acids is 1. The van der Waals surface area contributed by atoms with Gasteiger partial charge < -0.3 is 19.5 Å². The number of fused-ring (bicyclic) bond motifs is 1. The summed E-state index contributed by atoms with van der Waals surface area (Å²) in [7, 11) is 0.421. The number of methoxy groups -OCH3 is 2. The number of nitrogens with one attached hydrogen (secondary N) is 1.